The Balaban J connectivity index is 1.73. The van der Waals surface area contributed by atoms with Gasteiger partial charge in [0.1, 0.15) is 5.82 Å². The molecule has 3 rings (SSSR count). The van der Waals surface area contributed by atoms with E-state index < -0.39 is 0 Å². The minimum Gasteiger partial charge on any atom is -0.436 e. The van der Waals surface area contributed by atoms with Crippen molar-refractivity contribution >= 4 is 16.9 Å². The van der Waals surface area contributed by atoms with Gasteiger partial charge in [0, 0.05) is 6.92 Å². The van der Waals surface area contributed by atoms with Crippen molar-refractivity contribution in [2.45, 2.75) is 20.4 Å². The maximum absolute atomic E-state index is 12.0. The zero-order valence-corrected chi connectivity index (χ0v) is 11.2. The van der Waals surface area contributed by atoms with Crippen LogP contribution in [0.4, 0.5) is 0 Å². The van der Waals surface area contributed by atoms with Gasteiger partial charge in [0.05, 0.1) is 23.3 Å². The summed E-state index contributed by atoms with van der Waals surface area (Å²) < 4.78 is 5.27. The van der Waals surface area contributed by atoms with E-state index in [9.17, 15) is 4.79 Å². The summed E-state index contributed by atoms with van der Waals surface area (Å²) in [5.74, 6) is 1.15. The van der Waals surface area contributed by atoms with Crippen LogP contribution < -0.4 is 5.32 Å². The first kappa shape index (κ1) is 12.4. The fraction of sp³-hybridized carbons (Fsp3) is 0.214. The van der Waals surface area contributed by atoms with Gasteiger partial charge >= 0.3 is 0 Å². The fourth-order valence-corrected chi connectivity index (χ4v) is 2.08. The second-order valence-corrected chi connectivity index (χ2v) is 4.53. The van der Waals surface area contributed by atoms with Gasteiger partial charge in [-0.3, -0.25) is 4.79 Å². The van der Waals surface area contributed by atoms with Gasteiger partial charge in [-0.25, -0.2) is 9.97 Å². The average Bonchev–Trinajstić information content (AvgIpc) is 2.98. The second kappa shape index (κ2) is 4.80. The van der Waals surface area contributed by atoms with Crippen molar-refractivity contribution in [3.05, 3.63) is 47.4 Å². The summed E-state index contributed by atoms with van der Waals surface area (Å²) in [6, 6.07) is 7.72. The summed E-state index contributed by atoms with van der Waals surface area (Å²) in [7, 11) is 0. The number of carbonyl (C=O) groups excluding carboxylic acids is 1. The van der Waals surface area contributed by atoms with Crippen molar-refractivity contribution in [3.8, 4) is 0 Å². The number of aromatic amines is 1. The lowest BCUT2D eigenvalue weighted by Crippen LogP contribution is -2.23. The number of benzene rings is 1. The largest absolute Gasteiger partial charge is 0.436 e. The normalized spacial score (nSPS) is 10.9. The van der Waals surface area contributed by atoms with Crippen LogP contribution in [-0.2, 0) is 6.54 Å². The number of hydrogen-bond donors (Lipinski definition) is 2. The van der Waals surface area contributed by atoms with Gasteiger partial charge < -0.3 is 14.7 Å². The quantitative estimate of drug-likeness (QED) is 0.763. The molecule has 0 saturated heterocycles. The molecule has 102 valence electrons. The summed E-state index contributed by atoms with van der Waals surface area (Å²) in [4.78, 5) is 23.6. The Morgan fingerprint density at radius 2 is 2.10 bits per heavy atom. The molecule has 0 bridgehead atoms. The van der Waals surface area contributed by atoms with Gasteiger partial charge in [0.25, 0.3) is 5.91 Å². The van der Waals surface area contributed by atoms with Crippen LogP contribution in [0.2, 0.25) is 0 Å². The minimum atomic E-state index is -0.288. The molecule has 0 spiro atoms. The van der Waals surface area contributed by atoms with E-state index >= 15 is 0 Å². The van der Waals surface area contributed by atoms with Crippen LogP contribution in [-0.4, -0.2) is 20.9 Å². The molecule has 0 atom stereocenters. The number of oxazole rings is 1. The molecule has 3 aromatic rings. The molecule has 0 aliphatic heterocycles. The highest BCUT2D eigenvalue weighted by Crippen LogP contribution is 2.11. The summed E-state index contributed by atoms with van der Waals surface area (Å²) in [5, 5.41) is 2.76. The number of nitrogens with zero attached hydrogens (tertiary/aromatic N) is 2. The molecule has 0 saturated carbocycles. The lowest BCUT2D eigenvalue weighted by Gasteiger charge is -2.00. The summed E-state index contributed by atoms with van der Waals surface area (Å²) in [6.07, 6.45) is 0. The van der Waals surface area contributed by atoms with Crippen molar-refractivity contribution in [1.82, 2.24) is 20.3 Å². The predicted molar refractivity (Wildman–Crippen MR) is 73.2 cm³/mol. The standard InChI is InChI=1S/C14H14N4O2/c1-8-13(20-9(2)16-8)14(19)15-7-12-17-10-5-3-4-6-11(10)18-12/h3-6H,7H2,1-2H3,(H,15,19)(H,17,18). The van der Waals surface area contributed by atoms with Gasteiger partial charge in [0.2, 0.25) is 5.76 Å². The Morgan fingerprint density at radius 1 is 1.30 bits per heavy atom. The lowest BCUT2D eigenvalue weighted by molar-refractivity contribution is 0.0920. The second-order valence-electron chi connectivity index (χ2n) is 4.53. The molecule has 0 fully saturated rings. The van der Waals surface area contributed by atoms with Crippen LogP contribution in [0.3, 0.4) is 0 Å². The van der Waals surface area contributed by atoms with E-state index in [0.717, 1.165) is 11.0 Å². The predicted octanol–water partition coefficient (Wildman–Crippen LogP) is 2.10. The smallest absolute Gasteiger partial charge is 0.289 e. The van der Waals surface area contributed by atoms with Gasteiger partial charge in [-0.15, -0.1) is 0 Å². The van der Waals surface area contributed by atoms with E-state index in [1.165, 1.54) is 0 Å². The van der Waals surface area contributed by atoms with E-state index in [1.54, 1.807) is 13.8 Å². The lowest BCUT2D eigenvalue weighted by atomic mass is 10.3. The minimum absolute atomic E-state index is 0.249. The Morgan fingerprint density at radius 3 is 2.80 bits per heavy atom. The Kier molecular flexibility index (Phi) is 2.98. The van der Waals surface area contributed by atoms with E-state index in [4.69, 9.17) is 4.42 Å². The molecule has 1 aromatic carbocycles. The van der Waals surface area contributed by atoms with Crippen LogP contribution in [0.15, 0.2) is 28.7 Å². The molecule has 0 radical (unpaired) electrons. The number of para-hydroxylation sites is 2. The molecule has 2 heterocycles. The van der Waals surface area contributed by atoms with Crippen LogP contribution in [0.5, 0.6) is 0 Å². The van der Waals surface area contributed by atoms with Crippen LogP contribution in [0.1, 0.15) is 28.0 Å². The van der Waals surface area contributed by atoms with Crippen molar-refractivity contribution in [2.24, 2.45) is 0 Å². The molecule has 6 nitrogen and oxygen atoms in total. The average molecular weight is 270 g/mol. The van der Waals surface area contributed by atoms with E-state index in [1.807, 2.05) is 24.3 Å². The maximum Gasteiger partial charge on any atom is 0.289 e. The third-order valence-electron chi connectivity index (χ3n) is 2.96. The van der Waals surface area contributed by atoms with E-state index in [2.05, 4.69) is 20.3 Å². The highest BCUT2D eigenvalue weighted by atomic mass is 16.4. The molecule has 0 aliphatic carbocycles. The zero-order chi connectivity index (χ0) is 14.1. The van der Waals surface area contributed by atoms with Crippen molar-refractivity contribution < 1.29 is 9.21 Å². The van der Waals surface area contributed by atoms with Gasteiger partial charge in [0.15, 0.2) is 5.89 Å². The monoisotopic (exact) mass is 270 g/mol. The topological polar surface area (TPSA) is 83.8 Å². The Labute approximate surface area is 115 Å². The zero-order valence-electron chi connectivity index (χ0n) is 11.2. The molecular weight excluding hydrogens is 256 g/mol. The third kappa shape index (κ3) is 2.27. The van der Waals surface area contributed by atoms with Gasteiger partial charge in [-0.1, -0.05) is 12.1 Å². The molecule has 1 amide bonds. The third-order valence-corrected chi connectivity index (χ3v) is 2.96. The molecule has 20 heavy (non-hydrogen) atoms. The number of fused-ring (bicyclic) bond motifs is 1. The van der Waals surface area contributed by atoms with Crippen LogP contribution in [0, 0.1) is 13.8 Å². The summed E-state index contributed by atoms with van der Waals surface area (Å²) >= 11 is 0. The fourth-order valence-electron chi connectivity index (χ4n) is 2.08. The van der Waals surface area contributed by atoms with Crippen molar-refractivity contribution in [1.29, 1.82) is 0 Å². The van der Waals surface area contributed by atoms with Crippen molar-refractivity contribution in [3.63, 3.8) is 0 Å². The summed E-state index contributed by atoms with van der Waals surface area (Å²) in [6.45, 7) is 3.77. The Hall–Kier alpha value is -2.63. The number of hydrogen-bond acceptors (Lipinski definition) is 4. The van der Waals surface area contributed by atoms with Crippen molar-refractivity contribution in [2.75, 3.05) is 0 Å². The van der Waals surface area contributed by atoms with Crippen LogP contribution in [0.25, 0.3) is 11.0 Å². The number of nitrogens with one attached hydrogen (secondary N) is 2. The number of imidazole rings is 1. The first-order valence-electron chi connectivity index (χ1n) is 6.29. The first-order chi connectivity index (χ1) is 9.63. The molecular formula is C14H14N4O2. The van der Waals surface area contributed by atoms with Crippen LogP contribution >= 0.6 is 0 Å². The highest BCUT2D eigenvalue weighted by molar-refractivity contribution is 5.92. The number of rotatable bonds is 3. The number of amides is 1. The highest BCUT2D eigenvalue weighted by Gasteiger charge is 2.15. The first-order valence-corrected chi connectivity index (χ1v) is 6.29. The number of aromatic nitrogens is 3. The molecule has 0 aliphatic rings. The Bertz CT molecular complexity index is 739. The SMILES string of the molecule is Cc1nc(C)c(C(=O)NCc2nc3ccccc3[nH]2)o1. The number of carbonyl (C=O) groups is 1. The number of aryl methyl sites for hydroxylation is 2. The van der Waals surface area contributed by atoms with Gasteiger partial charge in [-0.2, -0.15) is 0 Å². The van der Waals surface area contributed by atoms with E-state index in [-0.39, 0.29) is 11.7 Å². The van der Waals surface area contributed by atoms with Gasteiger partial charge in [-0.05, 0) is 19.1 Å². The summed E-state index contributed by atoms with van der Waals surface area (Å²) in [5.41, 5.74) is 2.41. The maximum atomic E-state index is 12.0. The molecule has 2 N–H and O–H groups in total. The molecule has 0 unspecified atom stereocenters. The van der Waals surface area contributed by atoms with E-state index in [0.29, 0.717) is 24.0 Å². The molecule has 6 heteroatoms. The molecule has 2 aromatic heterocycles. The number of H-pyrrole nitrogens is 1.